The first-order valence-electron chi connectivity index (χ1n) is 6.44. The first kappa shape index (κ1) is 12.4. The Balaban J connectivity index is 1.96. The molecule has 0 radical (unpaired) electrons. The summed E-state index contributed by atoms with van der Waals surface area (Å²) in [6, 6.07) is 4.63. The Morgan fingerprint density at radius 1 is 1.41 bits per heavy atom. The van der Waals surface area contributed by atoms with Gasteiger partial charge in [0.05, 0.1) is 12.8 Å². The molecule has 2 unspecified atom stereocenters. The van der Waals surface area contributed by atoms with Crippen molar-refractivity contribution in [1.82, 2.24) is 10.3 Å². The number of rotatable bonds is 4. The zero-order chi connectivity index (χ0) is 12.3. The SMILES string of the molecule is COc1cc(C)nc(CNC2CCCC2C)c1. The second-order valence-electron chi connectivity index (χ2n) is 5.04. The molecule has 0 aromatic carbocycles. The van der Waals surface area contributed by atoms with E-state index in [0.29, 0.717) is 6.04 Å². The summed E-state index contributed by atoms with van der Waals surface area (Å²) >= 11 is 0. The summed E-state index contributed by atoms with van der Waals surface area (Å²) in [4.78, 5) is 4.53. The van der Waals surface area contributed by atoms with Crippen LogP contribution in [-0.2, 0) is 6.54 Å². The molecule has 1 aliphatic carbocycles. The Bertz CT molecular complexity index is 378. The van der Waals surface area contributed by atoms with E-state index in [1.165, 1.54) is 19.3 Å². The minimum absolute atomic E-state index is 0.656. The first-order valence-corrected chi connectivity index (χ1v) is 6.44. The van der Waals surface area contributed by atoms with E-state index in [2.05, 4.69) is 17.2 Å². The predicted molar refractivity (Wildman–Crippen MR) is 69.2 cm³/mol. The number of aryl methyl sites for hydroxylation is 1. The zero-order valence-electron chi connectivity index (χ0n) is 11.0. The minimum atomic E-state index is 0.656. The Morgan fingerprint density at radius 3 is 2.88 bits per heavy atom. The molecule has 1 aromatic rings. The molecule has 2 rings (SSSR count). The van der Waals surface area contributed by atoms with Crippen LogP contribution >= 0.6 is 0 Å². The number of nitrogens with zero attached hydrogens (tertiary/aromatic N) is 1. The lowest BCUT2D eigenvalue weighted by atomic mass is 10.1. The van der Waals surface area contributed by atoms with E-state index in [1.54, 1.807) is 7.11 Å². The maximum atomic E-state index is 5.26. The predicted octanol–water partition coefficient (Wildman–Crippen LogP) is 2.68. The van der Waals surface area contributed by atoms with Crippen LogP contribution in [0.25, 0.3) is 0 Å². The number of hydrogen-bond donors (Lipinski definition) is 1. The zero-order valence-corrected chi connectivity index (χ0v) is 11.0. The van der Waals surface area contributed by atoms with Gasteiger partial charge in [0.15, 0.2) is 0 Å². The van der Waals surface area contributed by atoms with Gasteiger partial charge in [-0.15, -0.1) is 0 Å². The molecule has 3 nitrogen and oxygen atoms in total. The second-order valence-corrected chi connectivity index (χ2v) is 5.04. The van der Waals surface area contributed by atoms with Crippen LogP contribution in [0, 0.1) is 12.8 Å². The van der Waals surface area contributed by atoms with Crippen molar-refractivity contribution in [2.45, 2.75) is 45.7 Å². The maximum Gasteiger partial charge on any atom is 0.122 e. The quantitative estimate of drug-likeness (QED) is 0.869. The highest BCUT2D eigenvalue weighted by Gasteiger charge is 2.22. The van der Waals surface area contributed by atoms with Gasteiger partial charge in [0.25, 0.3) is 0 Å². The van der Waals surface area contributed by atoms with Gasteiger partial charge in [0.1, 0.15) is 5.75 Å². The topological polar surface area (TPSA) is 34.1 Å². The summed E-state index contributed by atoms with van der Waals surface area (Å²) in [5.74, 6) is 1.69. The van der Waals surface area contributed by atoms with E-state index in [-0.39, 0.29) is 0 Å². The van der Waals surface area contributed by atoms with Gasteiger partial charge in [0.2, 0.25) is 0 Å². The lowest BCUT2D eigenvalue weighted by Crippen LogP contribution is -2.30. The summed E-state index contributed by atoms with van der Waals surface area (Å²) < 4.78 is 5.26. The number of hydrogen-bond acceptors (Lipinski definition) is 3. The number of pyridine rings is 1. The van der Waals surface area contributed by atoms with E-state index in [4.69, 9.17) is 4.74 Å². The van der Waals surface area contributed by atoms with Crippen LogP contribution in [-0.4, -0.2) is 18.1 Å². The summed E-state index contributed by atoms with van der Waals surface area (Å²) in [7, 11) is 1.70. The standard InChI is InChI=1S/C14H22N2O/c1-10-5-4-6-14(10)15-9-12-8-13(17-3)7-11(2)16-12/h7-8,10,14-15H,4-6,9H2,1-3H3. The highest BCUT2D eigenvalue weighted by atomic mass is 16.5. The monoisotopic (exact) mass is 234 g/mol. The van der Waals surface area contributed by atoms with Crippen molar-refractivity contribution in [3.8, 4) is 5.75 Å². The molecule has 2 atom stereocenters. The summed E-state index contributed by atoms with van der Waals surface area (Å²) in [5, 5.41) is 3.61. The van der Waals surface area contributed by atoms with Crippen LogP contribution in [0.4, 0.5) is 0 Å². The van der Waals surface area contributed by atoms with Gasteiger partial charge < -0.3 is 10.1 Å². The number of methoxy groups -OCH3 is 1. The third-order valence-electron chi connectivity index (χ3n) is 3.62. The third kappa shape index (κ3) is 3.19. The van der Waals surface area contributed by atoms with Crippen molar-refractivity contribution >= 4 is 0 Å². The largest absolute Gasteiger partial charge is 0.497 e. The van der Waals surface area contributed by atoms with Gasteiger partial charge in [0, 0.05) is 30.4 Å². The van der Waals surface area contributed by atoms with Crippen molar-refractivity contribution in [2.24, 2.45) is 5.92 Å². The van der Waals surface area contributed by atoms with Gasteiger partial charge >= 0.3 is 0 Å². The highest BCUT2D eigenvalue weighted by molar-refractivity contribution is 5.26. The summed E-state index contributed by atoms with van der Waals surface area (Å²) in [6.45, 7) is 5.17. The van der Waals surface area contributed by atoms with Crippen LogP contribution in [0.15, 0.2) is 12.1 Å². The normalized spacial score (nSPS) is 23.9. The van der Waals surface area contributed by atoms with E-state index >= 15 is 0 Å². The summed E-state index contributed by atoms with van der Waals surface area (Å²) in [5.41, 5.74) is 2.08. The second kappa shape index (κ2) is 5.50. The molecule has 1 N–H and O–H groups in total. The molecule has 0 spiro atoms. The van der Waals surface area contributed by atoms with E-state index in [0.717, 1.165) is 29.6 Å². The lowest BCUT2D eigenvalue weighted by Gasteiger charge is -2.17. The molecular weight excluding hydrogens is 212 g/mol. The van der Waals surface area contributed by atoms with Crippen molar-refractivity contribution < 1.29 is 4.74 Å². The van der Waals surface area contributed by atoms with Crippen LogP contribution in [0.3, 0.4) is 0 Å². The molecule has 0 saturated heterocycles. The fourth-order valence-electron chi connectivity index (χ4n) is 2.60. The Morgan fingerprint density at radius 2 is 2.24 bits per heavy atom. The van der Waals surface area contributed by atoms with Crippen LogP contribution in [0.2, 0.25) is 0 Å². The molecule has 1 saturated carbocycles. The molecular formula is C14H22N2O. The molecule has 1 heterocycles. The molecule has 0 amide bonds. The molecule has 1 aliphatic rings. The fourth-order valence-corrected chi connectivity index (χ4v) is 2.60. The first-order chi connectivity index (χ1) is 8.19. The van der Waals surface area contributed by atoms with Gasteiger partial charge in [-0.05, 0) is 25.7 Å². The van der Waals surface area contributed by atoms with Crippen LogP contribution in [0.1, 0.15) is 37.6 Å². The molecule has 0 aliphatic heterocycles. The number of ether oxygens (including phenoxy) is 1. The number of nitrogens with one attached hydrogen (secondary N) is 1. The highest BCUT2D eigenvalue weighted by Crippen LogP contribution is 2.25. The molecule has 1 aromatic heterocycles. The molecule has 3 heteroatoms. The van der Waals surface area contributed by atoms with Crippen molar-refractivity contribution in [2.75, 3.05) is 7.11 Å². The van der Waals surface area contributed by atoms with Gasteiger partial charge in [-0.1, -0.05) is 13.3 Å². The Labute approximate surface area is 104 Å². The molecule has 1 fully saturated rings. The smallest absolute Gasteiger partial charge is 0.122 e. The van der Waals surface area contributed by atoms with E-state index in [9.17, 15) is 0 Å². The maximum absolute atomic E-state index is 5.26. The summed E-state index contributed by atoms with van der Waals surface area (Å²) in [6.07, 6.45) is 4.00. The Kier molecular flexibility index (Phi) is 4.00. The minimum Gasteiger partial charge on any atom is -0.497 e. The molecule has 17 heavy (non-hydrogen) atoms. The number of aromatic nitrogens is 1. The average Bonchev–Trinajstić information content (AvgIpc) is 2.71. The molecule has 0 bridgehead atoms. The third-order valence-corrected chi connectivity index (χ3v) is 3.62. The lowest BCUT2D eigenvalue weighted by molar-refractivity contribution is 0.408. The molecule has 94 valence electrons. The van der Waals surface area contributed by atoms with E-state index in [1.807, 2.05) is 19.1 Å². The average molecular weight is 234 g/mol. The van der Waals surface area contributed by atoms with Crippen molar-refractivity contribution in [1.29, 1.82) is 0 Å². The van der Waals surface area contributed by atoms with Crippen molar-refractivity contribution in [3.05, 3.63) is 23.5 Å². The van der Waals surface area contributed by atoms with Crippen molar-refractivity contribution in [3.63, 3.8) is 0 Å². The van der Waals surface area contributed by atoms with Crippen LogP contribution < -0.4 is 10.1 Å². The van der Waals surface area contributed by atoms with E-state index < -0.39 is 0 Å². The van der Waals surface area contributed by atoms with Crippen LogP contribution in [0.5, 0.6) is 5.75 Å². The fraction of sp³-hybridized carbons (Fsp3) is 0.643. The van der Waals surface area contributed by atoms with Gasteiger partial charge in [-0.25, -0.2) is 0 Å². The van der Waals surface area contributed by atoms with Gasteiger partial charge in [-0.2, -0.15) is 0 Å². The van der Waals surface area contributed by atoms with Gasteiger partial charge in [-0.3, -0.25) is 4.98 Å². The Hall–Kier alpha value is -1.09.